The van der Waals surface area contributed by atoms with E-state index in [9.17, 15) is 34.5 Å². The largest absolute Gasteiger partial charge is 0.455 e. The lowest BCUT2D eigenvalue weighted by atomic mass is 9.42. The van der Waals surface area contributed by atoms with Gasteiger partial charge in [-0.3, -0.25) is 19.2 Å². The summed E-state index contributed by atoms with van der Waals surface area (Å²) in [5, 5.41) is 40.5. The predicted molar refractivity (Wildman–Crippen MR) is 223 cm³/mol. The summed E-state index contributed by atoms with van der Waals surface area (Å²) in [7, 11) is 1.41. The number of fused-ring (bicyclic) bond motifs is 5. The number of esters is 3. The van der Waals surface area contributed by atoms with E-state index in [4.69, 9.17) is 28.4 Å². The van der Waals surface area contributed by atoms with Crippen molar-refractivity contribution in [3.05, 3.63) is 108 Å². The molecule has 1 aliphatic heterocycles. The van der Waals surface area contributed by atoms with Crippen molar-refractivity contribution in [3.8, 4) is 0 Å². The topological polar surface area (TPSA) is 213 Å². The fourth-order valence-corrected chi connectivity index (χ4v) is 11.2. The Labute approximate surface area is 366 Å². The molecule has 0 spiro atoms. The molecule has 0 radical (unpaired) electrons. The minimum atomic E-state index is -2.24. The first kappa shape index (κ1) is 46.0. The van der Waals surface area contributed by atoms with Gasteiger partial charge >= 0.3 is 17.9 Å². The Morgan fingerprint density at radius 2 is 1.43 bits per heavy atom. The first-order valence-corrected chi connectivity index (χ1v) is 21.3. The van der Waals surface area contributed by atoms with Crippen molar-refractivity contribution < 1.29 is 67.7 Å². The second kappa shape index (κ2) is 17.5. The van der Waals surface area contributed by atoms with Crippen LogP contribution >= 0.6 is 0 Å². The lowest BCUT2D eigenvalue weighted by Gasteiger charge is -2.69. The molecule has 4 fully saturated rings. The number of hydrogen-bond acceptors (Lipinski definition) is 14. The first-order chi connectivity index (χ1) is 29.8. The molecule has 3 aromatic rings. The van der Waals surface area contributed by atoms with E-state index in [0.717, 1.165) is 6.92 Å². The summed E-state index contributed by atoms with van der Waals surface area (Å²) in [6.07, 6.45) is -10.5. The minimum absolute atomic E-state index is 0.0654. The average Bonchev–Trinajstić information content (AvgIpc) is 3.25. The predicted octanol–water partition coefficient (Wildman–Crippen LogP) is 4.12. The number of hydrogen-bond donors (Lipinski definition) is 4. The Kier molecular flexibility index (Phi) is 12.8. The van der Waals surface area contributed by atoms with Crippen LogP contribution in [0.2, 0.25) is 0 Å². The second-order valence-corrected chi connectivity index (χ2v) is 18.2. The smallest absolute Gasteiger partial charge is 0.338 e. The van der Waals surface area contributed by atoms with Gasteiger partial charge in [-0.1, -0.05) is 87.5 Å². The maximum absolute atomic E-state index is 15.8. The molecular formula is C48H57NO14. The van der Waals surface area contributed by atoms with Crippen molar-refractivity contribution in [2.24, 2.45) is 28.6 Å². The van der Waals surface area contributed by atoms with Gasteiger partial charge in [-0.15, -0.1) is 0 Å². The van der Waals surface area contributed by atoms with Gasteiger partial charge in [0.25, 0.3) is 5.91 Å². The number of aliphatic hydroxyl groups is 3. The lowest BCUT2D eigenvalue weighted by Crippen LogP contribution is -2.83. The summed E-state index contributed by atoms with van der Waals surface area (Å²) in [5.74, 6) is -6.82. The molecule has 1 amide bonds. The van der Waals surface area contributed by atoms with Gasteiger partial charge in [-0.25, -0.2) is 4.79 Å². The lowest BCUT2D eigenvalue weighted by molar-refractivity contribution is -0.360. The molecule has 3 aliphatic carbocycles. The monoisotopic (exact) mass is 871 g/mol. The van der Waals surface area contributed by atoms with Gasteiger partial charge in [0.1, 0.15) is 23.9 Å². The van der Waals surface area contributed by atoms with Crippen LogP contribution in [0.25, 0.3) is 0 Å². The molecule has 4 N–H and O–H groups in total. The Morgan fingerprint density at radius 3 is 1.97 bits per heavy atom. The molecule has 7 rings (SSSR count). The minimum Gasteiger partial charge on any atom is -0.455 e. The van der Waals surface area contributed by atoms with Gasteiger partial charge < -0.3 is 49.1 Å². The van der Waals surface area contributed by atoms with E-state index in [1.54, 1.807) is 107 Å². The number of amides is 1. The van der Waals surface area contributed by atoms with Gasteiger partial charge in [0.15, 0.2) is 23.8 Å². The summed E-state index contributed by atoms with van der Waals surface area (Å²) in [6.45, 7) is 8.82. The SMILES string of the molecule is CO[C@H]1C[C@H]2OC[C@@]2(OC(C)=O)[C@H]2[C@H](OC(=O)c3ccccc3)[C@]3(O)C[C@@H](O[C@H](O)[C@H](O)[C@@H](NC(=O)c4ccccc4)c4ccccc4)C(C)C(C(OC(C)=O)C(=O)[C@]12C)C3(C)C. The number of carbonyl (C=O) groups excluding carboxylic acids is 5. The zero-order chi connectivity index (χ0) is 45.6. The summed E-state index contributed by atoms with van der Waals surface area (Å²) in [4.78, 5) is 69.9. The highest BCUT2D eigenvalue weighted by Gasteiger charge is 2.79. The number of Topliss-reactive ketones (excluding diaryl/α,β-unsaturated/α-hetero) is 1. The zero-order valence-corrected chi connectivity index (χ0v) is 36.5. The molecule has 4 aliphatic rings. The summed E-state index contributed by atoms with van der Waals surface area (Å²) >= 11 is 0. The third kappa shape index (κ3) is 7.86. The third-order valence-electron chi connectivity index (χ3n) is 14.4. The van der Waals surface area contributed by atoms with Crippen LogP contribution in [0.5, 0.6) is 0 Å². The molecule has 3 aromatic carbocycles. The normalized spacial score (nSPS) is 34.5. The number of ether oxygens (including phenoxy) is 6. The number of carbonyl (C=O) groups is 5. The second-order valence-electron chi connectivity index (χ2n) is 18.2. The molecular weight excluding hydrogens is 815 g/mol. The zero-order valence-electron chi connectivity index (χ0n) is 36.5. The van der Waals surface area contributed by atoms with Crippen LogP contribution in [0.3, 0.4) is 0 Å². The average molecular weight is 872 g/mol. The van der Waals surface area contributed by atoms with E-state index in [-0.39, 0.29) is 25.0 Å². The molecule has 1 saturated heterocycles. The van der Waals surface area contributed by atoms with Crippen LogP contribution in [0.15, 0.2) is 91.0 Å². The van der Waals surface area contributed by atoms with Gasteiger partial charge in [0.05, 0.1) is 41.8 Å². The molecule has 338 valence electrons. The molecule has 1 heterocycles. The van der Waals surface area contributed by atoms with E-state index in [1.165, 1.54) is 26.2 Å². The van der Waals surface area contributed by atoms with Crippen LogP contribution in [-0.4, -0.2) is 113 Å². The first-order valence-electron chi connectivity index (χ1n) is 21.3. The van der Waals surface area contributed by atoms with Gasteiger partial charge in [-0.2, -0.15) is 0 Å². The number of ketones is 1. The molecule has 3 unspecified atom stereocenters. The number of aliphatic hydroxyl groups excluding tert-OH is 2. The van der Waals surface area contributed by atoms with Crippen molar-refractivity contribution in [3.63, 3.8) is 0 Å². The molecule has 14 atom stereocenters. The van der Waals surface area contributed by atoms with E-state index < -0.39 is 118 Å². The quantitative estimate of drug-likeness (QED) is 0.115. The maximum atomic E-state index is 15.8. The highest BCUT2D eigenvalue weighted by Crippen LogP contribution is 2.66. The fourth-order valence-electron chi connectivity index (χ4n) is 11.2. The van der Waals surface area contributed by atoms with E-state index in [1.807, 2.05) is 0 Å². The molecule has 3 saturated carbocycles. The number of rotatable bonds is 12. The van der Waals surface area contributed by atoms with Gasteiger partial charge in [0.2, 0.25) is 0 Å². The van der Waals surface area contributed by atoms with Crippen LogP contribution in [-0.2, 0) is 42.8 Å². The van der Waals surface area contributed by atoms with Gasteiger partial charge in [0, 0.05) is 50.7 Å². The fraction of sp³-hybridized carbons (Fsp3) is 0.521. The van der Waals surface area contributed by atoms with Crippen molar-refractivity contribution in [1.29, 1.82) is 0 Å². The van der Waals surface area contributed by atoms with Crippen molar-refractivity contribution in [2.75, 3.05) is 13.7 Å². The third-order valence-corrected chi connectivity index (χ3v) is 14.4. The Hall–Kier alpha value is -5.03. The molecule has 2 bridgehead atoms. The Balaban J connectivity index is 1.37. The molecule has 63 heavy (non-hydrogen) atoms. The van der Waals surface area contributed by atoms with E-state index in [2.05, 4.69) is 5.32 Å². The van der Waals surface area contributed by atoms with E-state index >= 15 is 4.79 Å². The van der Waals surface area contributed by atoms with Crippen molar-refractivity contribution in [1.82, 2.24) is 5.32 Å². The van der Waals surface area contributed by atoms with Crippen molar-refractivity contribution >= 4 is 29.6 Å². The summed E-state index contributed by atoms with van der Waals surface area (Å²) < 4.78 is 37.2. The highest BCUT2D eigenvalue weighted by molar-refractivity contribution is 5.95. The summed E-state index contributed by atoms with van der Waals surface area (Å²) in [6, 6.07) is 23.7. The van der Waals surface area contributed by atoms with E-state index in [0.29, 0.717) is 11.1 Å². The number of nitrogens with one attached hydrogen (secondary N) is 1. The van der Waals surface area contributed by atoms with Crippen LogP contribution < -0.4 is 5.32 Å². The highest BCUT2D eigenvalue weighted by atomic mass is 16.6. The molecule has 0 aromatic heterocycles. The molecule has 15 heteroatoms. The van der Waals surface area contributed by atoms with Gasteiger partial charge in [-0.05, 0) is 42.7 Å². The standard InChI is InChI=1S/C48H57NO14/c1-26-32(61-44(56)37(52)36(29-17-11-8-12-18-29)49-42(54)30-19-13-9-14-20-30)24-48(57)41(62-43(55)31-21-15-10-16-22-31)39-46(6,40(53)38(60-27(2)50)35(26)45(48,4)5)33(58-7)23-34-47(39,25-59-34)63-28(3)51/h8-22,26,32-39,41,44,52,56-57H,23-25H2,1-7H3,(H,49,54)/t26?,32-,33+,34-,35?,36+,37-,38?,39+,41+,44+,46-,47+,48-/m1/s1. The van der Waals surface area contributed by atoms with Crippen LogP contribution in [0.4, 0.5) is 0 Å². The number of benzene rings is 3. The maximum Gasteiger partial charge on any atom is 0.338 e. The summed E-state index contributed by atoms with van der Waals surface area (Å²) in [5.41, 5.74) is -6.26. The number of methoxy groups -OCH3 is 1. The Morgan fingerprint density at radius 1 is 0.841 bits per heavy atom. The van der Waals surface area contributed by atoms with Crippen LogP contribution in [0.1, 0.15) is 86.7 Å². The Bertz CT molecular complexity index is 2170. The van der Waals surface area contributed by atoms with Crippen LogP contribution in [0, 0.1) is 28.6 Å². The van der Waals surface area contributed by atoms with Crippen molar-refractivity contribution in [2.45, 2.75) is 115 Å². The molecule has 15 nitrogen and oxygen atoms in total.